The van der Waals surface area contributed by atoms with Gasteiger partial charge in [0.15, 0.2) is 0 Å². The molecule has 0 aliphatic heterocycles. The van der Waals surface area contributed by atoms with Crippen LogP contribution in [0.2, 0.25) is 0 Å². The number of hydrogen-bond donors (Lipinski definition) is 2. The summed E-state index contributed by atoms with van der Waals surface area (Å²) in [5.74, 6) is 1.75. The minimum absolute atomic E-state index is 0.251. The average Bonchev–Trinajstić information content (AvgIpc) is 2.53. The molecule has 2 rings (SSSR count). The first-order valence-electron chi connectivity index (χ1n) is 8.12. The van der Waals surface area contributed by atoms with E-state index in [0.717, 1.165) is 42.7 Å². The lowest BCUT2D eigenvalue weighted by Gasteiger charge is -2.09. The van der Waals surface area contributed by atoms with E-state index in [9.17, 15) is 0 Å². The first-order chi connectivity index (χ1) is 11.1. The second-order valence-corrected chi connectivity index (χ2v) is 5.76. The van der Waals surface area contributed by atoms with Crippen molar-refractivity contribution in [3.05, 3.63) is 41.1 Å². The molecule has 1 aromatic heterocycles. The molecular formula is C18H26N4O. The highest BCUT2D eigenvalue weighted by atomic mass is 16.5. The van der Waals surface area contributed by atoms with Gasteiger partial charge in [-0.3, -0.25) is 0 Å². The second kappa shape index (κ2) is 8.36. The summed E-state index contributed by atoms with van der Waals surface area (Å²) in [7, 11) is 1.72. The van der Waals surface area contributed by atoms with Crippen molar-refractivity contribution in [2.45, 2.75) is 45.4 Å². The Morgan fingerprint density at radius 3 is 2.35 bits per heavy atom. The molecule has 1 aromatic carbocycles. The summed E-state index contributed by atoms with van der Waals surface area (Å²) in [6.07, 6.45) is 6.56. The van der Waals surface area contributed by atoms with Crippen molar-refractivity contribution < 1.29 is 4.74 Å². The molecule has 0 aliphatic carbocycles. The third kappa shape index (κ3) is 4.84. The van der Waals surface area contributed by atoms with Crippen LogP contribution in [0.25, 0.3) is 0 Å². The Balaban J connectivity index is 1.72. The Hall–Kier alpha value is -2.30. The molecule has 0 atom stereocenters. The van der Waals surface area contributed by atoms with Gasteiger partial charge in [-0.2, -0.15) is 4.98 Å². The maximum Gasteiger partial charge on any atom is 0.222 e. The highest BCUT2D eigenvalue weighted by Gasteiger charge is 2.07. The highest BCUT2D eigenvalue weighted by Crippen LogP contribution is 2.21. The smallest absolute Gasteiger partial charge is 0.222 e. The molecule has 0 aliphatic rings. The number of methoxy groups -OCH3 is 1. The quantitative estimate of drug-likeness (QED) is 0.730. The Labute approximate surface area is 138 Å². The van der Waals surface area contributed by atoms with E-state index >= 15 is 0 Å². The van der Waals surface area contributed by atoms with Gasteiger partial charge in [0, 0.05) is 11.3 Å². The molecule has 0 radical (unpaired) electrons. The van der Waals surface area contributed by atoms with E-state index in [4.69, 9.17) is 16.2 Å². The number of ether oxygens (including phenoxy) is 1. The summed E-state index contributed by atoms with van der Waals surface area (Å²) in [5.41, 5.74) is 14.7. The SMILES string of the molecule is COc1ccccc1CCCCCCc1c(C)nc(N)nc1N. The van der Waals surface area contributed by atoms with Crippen molar-refractivity contribution in [2.75, 3.05) is 18.6 Å². The summed E-state index contributed by atoms with van der Waals surface area (Å²) < 4.78 is 5.38. The summed E-state index contributed by atoms with van der Waals surface area (Å²) in [6, 6.07) is 8.21. The standard InChI is InChI=1S/C18H26N4O/c1-13-15(17(19)22-18(20)21-13)11-6-4-3-5-9-14-10-7-8-12-16(14)23-2/h7-8,10,12H,3-6,9,11H2,1-2H3,(H4,19,20,21,22). The molecule has 0 fully saturated rings. The fraction of sp³-hybridized carbons (Fsp3) is 0.444. The van der Waals surface area contributed by atoms with E-state index in [1.165, 1.54) is 18.4 Å². The van der Waals surface area contributed by atoms with Crippen LogP contribution in [0.4, 0.5) is 11.8 Å². The first-order valence-corrected chi connectivity index (χ1v) is 8.12. The van der Waals surface area contributed by atoms with Crippen LogP contribution in [0, 0.1) is 6.92 Å². The molecular weight excluding hydrogens is 288 g/mol. The number of nitrogens with two attached hydrogens (primary N) is 2. The predicted octanol–water partition coefficient (Wildman–Crippen LogP) is 3.30. The average molecular weight is 314 g/mol. The fourth-order valence-corrected chi connectivity index (χ4v) is 2.83. The number of aryl methyl sites for hydroxylation is 2. The Morgan fingerprint density at radius 1 is 0.957 bits per heavy atom. The van der Waals surface area contributed by atoms with Crippen LogP contribution >= 0.6 is 0 Å². The van der Waals surface area contributed by atoms with Gasteiger partial charge in [0.05, 0.1) is 7.11 Å². The zero-order valence-electron chi connectivity index (χ0n) is 14.0. The lowest BCUT2D eigenvalue weighted by Crippen LogP contribution is -2.07. The van der Waals surface area contributed by atoms with Crippen molar-refractivity contribution in [3.8, 4) is 5.75 Å². The van der Waals surface area contributed by atoms with Gasteiger partial charge in [-0.05, 0) is 44.2 Å². The van der Waals surface area contributed by atoms with E-state index < -0.39 is 0 Å². The summed E-state index contributed by atoms with van der Waals surface area (Å²) in [6.45, 7) is 1.94. The molecule has 0 saturated heterocycles. The largest absolute Gasteiger partial charge is 0.496 e. The molecule has 0 saturated carbocycles. The highest BCUT2D eigenvalue weighted by molar-refractivity contribution is 5.45. The zero-order valence-corrected chi connectivity index (χ0v) is 14.0. The van der Waals surface area contributed by atoms with Crippen LogP contribution in [-0.4, -0.2) is 17.1 Å². The van der Waals surface area contributed by atoms with Gasteiger partial charge in [-0.15, -0.1) is 0 Å². The van der Waals surface area contributed by atoms with Crippen LogP contribution in [0.15, 0.2) is 24.3 Å². The van der Waals surface area contributed by atoms with Crippen LogP contribution in [0.5, 0.6) is 5.75 Å². The maximum absolute atomic E-state index is 5.93. The summed E-state index contributed by atoms with van der Waals surface area (Å²) in [4.78, 5) is 8.22. The molecule has 0 amide bonds. The molecule has 23 heavy (non-hydrogen) atoms. The minimum atomic E-state index is 0.251. The minimum Gasteiger partial charge on any atom is -0.496 e. The number of anilines is 2. The molecule has 1 heterocycles. The van der Waals surface area contributed by atoms with Gasteiger partial charge in [0.25, 0.3) is 0 Å². The Morgan fingerprint density at radius 2 is 1.65 bits per heavy atom. The lowest BCUT2D eigenvalue weighted by molar-refractivity contribution is 0.408. The summed E-state index contributed by atoms with van der Waals surface area (Å²) in [5, 5.41) is 0. The van der Waals surface area contributed by atoms with Crippen molar-refractivity contribution in [1.82, 2.24) is 9.97 Å². The number of unbranched alkanes of at least 4 members (excludes halogenated alkanes) is 3. The molecule has 0 bridgehead atoms. The van der Waals surface area contributed by atoms with E-state index in [1.807, 2.05) is 19.1 Å². The third-order valence-corrected chi connectivity index (χ3v) is 4.08. The number of aromatic nitrogens is 2. The number of hydrogen-bond acceptors (Lipinski definition) is 5. The molecule has 0 spiro atoms. The van der Waals surface area contributed by atoms with Crippen molar-refractivity contribution in [2.24, 2.45) is 0 Å². The summed E-state index contributed by atoms with van der Waals surface area (Å²) >= 11 is 0. The van der Waals surface area contributed by atoms with Gasteiger partial charge in [-0.25, -0.2) is 4.98 Å². The van der Waals surface area contributed by atoms with Gasteiger partial charge < -0.3 is 16.2 Å². The first kappa shape index (κ1) is 17.1. The normalized spacial score (nSPS) is 10.7. The van der Waals surface area contributed by atoms with Crippen molar-refractivity contribution in [1.29, 1.82) is 0 Å². The Kier molecular flexibility index (Phi) is 6.20. The second-order valence-electron chi connectivity index (χ2n) is 5.76. The van der Waals surface area contributed by atoms with E-state index in [-0.39, 0.29) is 5.95 Å². The molecule has 0 unspecified atom stereocenters. The topological polar surface area (TPSA) is 87.0 Å². The number of para-hydroxylation sites is 1. The molecule has 5 nitrogen and oxygen atoms in total. The third-order valence-electron chi connectivity index (χ3n) is 4.08. The number of nitrogens with zero attached hydrogens (tertiary/aromatic N) is 2. The Bertz CT molecular complexity index is 620. The van der Waals surface area contributed by atoms with Crippen LogP contribution < -0.4 is 16.2 Å². The van der Waals surface area contributed by atoms with Crippen molar-refractivity contribution >= 4 is 11.8 Å². The molecule has 5 heteroatoms. The zero-order chi connectivity index (χ0) is 16.7. The van der Waals surface area contributed by atoms with Crippen LogP contribution in [0.3, 0.4) is 0 Å². The predicted molar refractivity (Wildman–Crippen MR) is 94.5 cm³/mol. The number of benzene rings is 1. The monoisotopic (exact) mass is 314 g/mol. The van der Waals surface area contributed by atoms with Crippen LogP contribution in [-0.2, 0) is 12.8 Å². The van der Waals surface area contributed by atoms with Gasteiger partial charge in [-0.1, -0.05) is 31.0 Å². The van der Waals surface area contributed by atoms with Gasteiger partial charge in [0.2, 0.25) is 5.95 Å². The van der Waals surface area contributed by atoms with E-state index in [2.05, 4.69) is 22.1 Å². The number of rotatable bonds is 8. The van der Waals surface area contributed by atoms with Gasteiger partial charge in [0.1, 0.15) is 11.6 Å². The maximum atomic E-state index is 5.93. The molecule has 4 N–H and O–H groups in total. The van der Waals surface area contributed by atoms with Crippen molar-refractivity contribution in [3.63, 3.8) is 0 Å². The van der Waals surface area contributed by atoms with Gasteiger partial charge >= 0.3 is 0 Å². The van der Waals surface area contributed by atoms with Crippen LogP contribution in [0.1, 0.15) is 42.5 Å². The fourth-order valence-electron chi connectivity index (χ4n) is 2.83. The van der Waals surface area contributed by atoms with E-state index in [1.54, 1.807) is 7.11 Å². The molecule has 124 valence electrons. The number of nitrogen functional groups attached to an aromatic ring is 2. The lowest BCUT2D eigenvalue weighted by atomic mass is 10.0. The van der Waals surface area contributed by atoms with E-state index in [0.29, 0.717) is 5.82 Å². The molecule has 2 aromatic rings.